The van der Waals surface area contributed by atoms with Gasteiger partial charge in [0.2, 0.25) is 0 Å². The molecule has 0 saturated carbocycles. The number of benzene rings is 1. The van der Waals surface area contributed by atoms with Crippen molar-refractivity contribution < 1.29 is 0 Å². The van der Waals surface area contributed by atoms with Crippen LogP contribution >= 0.6 is 22.6 Å². The summed E-state index contributed by atoms with van der Waals surface area (Å²) in [5.74, 6) is 0. The minimum absolute atomic E-state index is 0.824. The second-order valence-corrected chi connectivity index (χ2v) is 2.80. The third-order valence-electron chi connectivity index (χ3n) is 0.870. The minimum atomic E-state index is 0.824. The Kier molecular flexibility index (Phi) is 1.73. The Morgan fingerprint density at radius 2 is 1.62 bits per heavy atom. The first-order chi connectivity index (χ1) is 3.79. The van der Waals surface area contributed by atoms with Crippen molar-refractivity contribution in [1.29, 1.82) is 0 Å². The fraction of sp³-hybridized carbons (Fsp3) is 0. The van der Waals surface area contributed by atoms with Crippen LogP contribution in [0.15, 0.2) is 24.3 Å². The van der Waals surface area contributed by atoms with Gasteiger partial charge >= 0.3 is 0 Å². The summed E-state index contributed by atoms with van der Waals surface area (Å²) in [7, 11) is 0. The van der Waals surface area contributed by atoms with Crippen LogP contribution in [-0.4, -0.2) is 0 Å². The van der Waals surface area contributed by atoms with Crippen molar-refractivity contribution in [2.24, 2.45) is 0 Å². The Bertz CT molecular complexity index is 147. The molecule has 0 aliphatic heterocycles. The number of nitrogens with two attached hydrogens (primary N) is 1. The molecule has 8 heavy (non-hydrogen) atoms. The molecular formula is C6H6IN. The number of nitrogen functional groups attached to an aromatic ring is 1. The molecule has 0 aromatic heterocycles. The first-order valence-corrected chi connectivity index (χ1v) is 3.38. The first-order valence-electron chi connectivity index (χ1n) is 2.30. The fourth-order valence-corrected chi connectivity index (χ4v) is 0.822. The zero-order valence-corrected chi connectivity index (χ0v) is 6.42. The van der Waals surface area contributed by atoms with E-state index in [9.17, 15) is 0 Å². The smallest absolute Gasteiger partial charge is 0.0314 e. The maximum atomic E-state index is 5.42. The summed E-state index contributed by atoms with van der Waals surface area (Å²) in [5, 5.41) is 0. The molecule has 0 aliphatic carbocycles. The highest BCUT2D eigenvalue weighted by atomic mass is 125. The summed E-state index contributed by atoms with van der Waals surface area (Å²) in [5.41, 5.74) is 6.25. The quantitative estimate of drug-likeness (QED) is 0.521. The van der Waals surface area contributed by atoms with E-state index in [4.69, 9.17) is 5.73 Å². The van der Waals surface area contributed by atoms with Gasteiger partial charge in [-0.15, -0.1) is 0 Å². The lowest BCUT2D eigenvalue weighted by atomic mass is 10.3. The van der Waals surface area contributed by atoms with Crippen LogP contribution in [0.3, 0.4) is 0 Å². The highest BCUT2D eigenvalue weighted by molar-refractivity contribution is 14.1. The predicted octanol–water partition coefficient (Wildman–Crippen LogP) is 1.87. The number of hydrogen-bond donors (Lipinski definition) is 1. The molecule has 0 radical (unpaired) electrons. The summed E-state index contributed by atoms with van der Waals surface area (Å²) >= 11 is 2.24. The molecule has 1 aromatic rings. The molecule has 0 fully saturated rings. The van der Waals surface area contributed by atoms with E-state index in [1.807, 2.05) is 24.3 Å². The first kappa shape index (κ1) is 5.88. The molecule has 0 heterocycles. The number of hydrogen-bond acceptors (Lipinski definition) is 1. The van der Waals surface area contributed by atoms with Gasteiger partial charge in [-0.1, -0.05) is 0 Å². The largest absolute Gasteiger partial charge is 0.399 e. The van der Waals surface area contributed by atoms with Crippen molar-refractivity contribution in [2.75, 3.05) is 5.73 Å². The Labute approximate surface area is 62.0 Å². The summed E-state index contributed by atoms with van der Waals surface area (Å²) in [6, 6.07) is 7.75. The van der Waals surface area contributed by atoms with Gasteiger partial charge in [0.1, 0.15) is 0 Å². The third kappa shape index (κ3) is 1.36. The lowest BCUT2D eigenvalue weighted by Crippen LogP contribution is -1.81. The lowest BCUT2D eigenvalue weighted by Gasteiger charge is -1.89. The monoisotopic (exact) mass is 217 g/mol. The van der Waals surface area contributed by atoms with Crippen LogP contribution < -0.4 is 5.73 Å². The van der Waals surface area contributed by atoms with Crippen LogP contribution in [0.1, 0.15) is 0 Å². The van der Waals surface area contributed by atoms with Crippen molar-refractivity contribution in [3.05, 3.63) is 27.8 Å². The van der Waals surface area contributed by atoms with Gasteiger partial charge in [-0.25, -0.2) is 0 Å². The SMILES string of the molecule is Nc1ccc([125I])cc1. The molecule has 2 N–H and O–H groups in total. The highest BCUT2D eigenvalue weighted by Gasteiger charge is 1.81. The Morgan fingerprint density at radius 1 is 1.12 bits per heavy atom. The van der Waals surface area contributed by atoms with E-state index in [1.165, 1.54) is 3.57 Å². The highest BCUT2D eigenvalue weighted by Crippen LogP contribution is 2.06. The van der Waals surface area contributed by atoms with Crippen molar-refractivity contribution >= 4 is 28.3 Å². The molecule has 2 heteroatoms. The molecule has 0 unspecified atom stereocenters. The van der Waals surface area contributed by atoms with Gasteiger partial charge in [0.05, 0.1) is 0 Å². The van der Waals surface area contributed by atoms with E-state index in [0.717, 1.165) is 5.69 Å². The van der Waals surface area contributed by atoms with Gasteiger partial charge < -0.3 is 5.73 Å². The van der Waals surface area contributed by atoms with Gasteiger partial charge in [-0.2, -0.15) is 0 Å². The third-order valence-corrected chi connectivity index (χ3v) is 1.59. The average Bonchev–Trinajstić information content (AvgIpc) is 1.77. The molecule has 0 saturated heterocycles. The molecule has 1 nitrogen and oxygen atoms in total. The number of rotatable bonds is 0. The lowest BCUT2D eigenvalue weighted by molar-refractivity contribution is 1.63. The summed E-state index contributed by atoms with van der Waals surface area (Å²) in [4.78, 5) is 0. The normalized spacial score (nSPS) is 9.12. The maximum Gasteiger partial charge on any atom is 0.0314 e. The maximum absolute atomic E-state index is 5.42. The van der Waals surface area contributed by atoms with Gasteiger partial charge in [-0.05, 0) is 46.9 Å². The molecule has 0 atom stereocenters. The second-order valence-electron chi connectivity index (χ2n) is 1.55. The van der Waals surface area contributed by atoms with E-state index in [1.54, 1.807) is 0 Å². The van der Waals surface area contributed by atoms with Gasteiger partial charge in [-0.3, -0.25) is 0 Å². The van der Waals surface area contributed by atoms with Crippen LogP contribution in [0, 0.1) is 3.57 Å². The van der Waals surface area contributed by atoms with E-state index < -0.39 is 0 Å². The minimum Gasteiger partial charge on any atom is -0.399 e. The van der Waals surface area contributed by atoms with Crippen molar-refractivity contribution in [2.45, 2.75) is 0 Å². The van der Waals surface area contributed by atoms with Crippen molar-refractivity contribution in [1.82, 2.24) is 0 Å². The second kappa shape index (κ2) is 2.35. The zero-order valence-electron chi connectivity index (χ0n) is 4.26. The van der Waals surface area contributed by atoms with Crippen molar-refractivity contribution in [3.8, 4) is 0 Å². The fourth-order valence-electron chi connectivity index (χ4n) is 0.463. The topological polar surface area (TPSA) is 26.0 Å². The van der Waals surface area contributed by atoms with Gasteiger partial charge in [0, 0.05) is 9.26 Å². The van der Waals surface area contributed by atoms with E-state index in [2.05, 4.69) is 22.6 Å². The Morgan fingerprint density at radius 3 is 2.00 bits per heavy atom. The van der Waals surface area contributed by atoms with Crippen molar-refractivity contribution in [3.63, 3.8) is 0 Å². The Hall–Kier alpha value is -0.250. The Balaban J connectivity index is 3.03. The van der Waals surface area contributed by atoms with Gasteiger partial charge in [0.25, 0.3) is 0 Å². The predicted molar refractivity (Wildman–Crippen MR) is 43.6 cm³/mol. The molecular weight excluding hydrogens is 211 g/mol. The molecule has 1 rings (SSSR count). The molecule has 42 valence electrons. The molecule has 0 amide bonds. The molecule has 0 bridgehead atoms. The van der Waals surface area contributed by atoms with E-state index >= 15 is 0 Å². The molecule has 0 aliphatic rings. The van der Waals surface area contributed by atoms with Crippen LogP contribution in [-0.2, 0) is 0 Å². The van der Waals surface area contributed by atoms with Crippen LogP contribution in [0.5, 0.6) is 0 Å². The average molecular weight is 217 g/mol. The summed E-state index contributed by atoms with van der Waals surface area (Å²) in [6.07, 6.45) is 0. The molecule has 1 aromatic carbocycles. The summed E-state index contributed by atoms with van der Waals surface area (Å²) in [6.45, 7) is 0. The number of anilines is 1. The van der Waals surface area contributed by atoms with Crippen LogP contribution in [0.2, 0.25) is 0 Å². The van der Waals surface area contributed by atoms with E-state index in [-0.39, 0.29) is 0 Å². The number of halogens is 1. The zero-order chi connectivity index (χ0) is 5.98. The standard InChI is InChI=1S/C6H6IN/c7-5-1-3-6(8)4-2-5/h1-4H,8H2/i7-2. The molecule has 0 spiro atoms. The van der Waals surface area contributed by atoms with Gasteiger partial charge in [0.15, 0.2) is 0 Å². The van der Waals surface area contributed by atoms with Crippen LogP contribution in [0.25, 0.3) is 0 Å². The van der Waals surface area contributed by atoms with Crippen LogP contribution in [0.4, 0.5) is 5.69 Å². The summed E-state index contributed by atoms with van der Waals surface area (Å²) < 4.78 is 1.22. The van der Waals surface area contributed by atoms with E-state index in [0.29, 0.717) is 0 Å².